The van der Waals surface area contributed by atoms with Crippen LogP contribution in [0.3, 0.4) is 0 Å². The third-order valence-corrected chi connectivity index (χ3v) is 5.51. The van der Waals surface area contributed by atoms with E-state index in [1.807, 2.05) is 12.1 Å². The summed E-state index contributed by atoms with van der Waals surface area (Å²) in [5.74, 6) is -0.714. The Morgan fingerprint density at radius 2 is 1.59 bits per heavy atom. The maximum Gasteiger partial charge on any atom is 0.320 e. The van der Waals surface area contributed by atoms with E-state index in [2.05, 4.69) is 41.3 Å². The second-order valence-corrected chi connectivity index (χ2v) is 8.16. The van der Waals surface area contributed by atoms with Gasteiger partial charge in [-0.15, -0.1) is 0 Å². The molecule has 1 heterocycles. The molecular formula is C25H28N4O3. The van der Waals surface area contributed by atoms with Gasteiger partial charge in [0.1, 0.15) is 12.4 Å². The van der Waals surface area contributed by atoms with Gasteiger partial charge in [0, 0.05) is 36.0 Å². The highest BCUT2D eigenvalue weighted by Gasteiger charge is 2.18. The number of benzene rings is 2. The molecule has 0 saturated carbocycles. The van der Waals surface area contributed by atoms with Crippen LogP contribution in [0, 0.1) is 5.92 Å². The lowest BCUT2D eigenvalue weighted by atomic mass is 9.87. The Bertz CT molecular complexity index is 1040. The summed E-state index contributed by atoms with van der Waals surface area (Å²) in [5, 5.41) is 12.0. The fourth-order valence-corrected chi connectivity index (χ4v) is 3.55. The lowest BCUT2D eigenvalue weighted by Crippen LogP contribution is -2.32. The van der Waals surface area contributed by atoms with Crippen molar-refractivity contribution in [1.29, 1.82) is 0 Å². The molecule has 7 nitrogen and oxygen atoms in total. The van der Waals surface area contributed by atoms with Crippen molar-refractivity contribution in [1.82, 2.24) is 15.3 Å². The number of carboxylic acids is 1. The van der Waals surface area contributed by atoms with Crippen LogP contribution in [0.5, 0.6) is 0 Å². The van der Waals surface area contributed by atoms with E-state index in [9.17, 15) is 9.59 Å². The average molecular weight is 433 g/mol. The summed E-state index contributed by atoms with van der Waals surface area (Å²) >= 11 is 0. The number of carbonyl (C=O) groups excluding carboxylic acids is 1. The van der Waals surface area contributed by atoms with Crippen molar-refractivity contribution in [3.63, 3.8) is 0 Å². The predicted octanol–water partition coefficient (Wildman–Crippen LogP) is 3.27. The molecule has 0 aliphatic rings. The van der Waals surface area contributed by atoms with Crippen LogP contribution in [0.1, 0.15) is 41.3 Å². The Morgan fingerprint density at radius 3 is 2.16 bits per heavy atom. The summed E-state index contributed by atoms with van der Waals surface area (Å²) in [6.07, 6.45) is 5.29. The number of carbonyl (C=O) groups is 2. The maximum absolute atomic E-state index is 12.6. The Kier molecular flexibility index (Phi) is 7.68. The lowest BCUT2D eigenvalue weighted by molar-refractivity contribution is -0.138. The monoisotopic (exact) mass is 432 g/mol. The number of amides is 1. The van der Waals surface area contributed by atoms with Crippen molar-refractivity contribution >= 4 is 11.9 Å². The van der Waals surface area contributed by atoms with Gasteiger partial charge in [-0.2, -0.15) is 0 Å². The Labute approximate surface area is 187 Å². The molecule has 7 heteroatoms. The van der Waals surface area contributed by atoms with E-state index in [-0.39, 0.29) is 18.2 Å². The summed E-state index contributed by atoms with van der Waals surface area (Å²) in [7, 11) is 0. The van der Waals surface area contributed by atoms with Crippen molar-refractivity contribution in [2.24, 2.45) is 11.7 Å². The van der Waals surface area contributed by atoms with Crippen molar-refractivity contribution in [2.45, 2.75) is 32.2 Å². The first kappa shape index (κ1) is 23.1. The van der Waals surface area contributed by atoms with E-state index in [1.54, 1.807) is 36.7 Å². The predicted molar refractivity (Wildman–Crippen MR) is 123 cm³/mol. The minimum Gasteiger partial charge on any atom is -0.480 e. The minimum absolute atomic E-state index is 0.160. The molecule has 0 saturated heterocycles. The van der Waals surface area contributed by atoms with Crippen molar-refractivity contribution < 1.29 is 14.7 Å². The highest BCUT2D eigenvalue weighted by molar-refractivity contribution is 5.94. The standard InChI is InChI=1S/C25H28N4O3/c1-16(2)22(19-9-7-18(8-10-19)21-12-27-15-28-13-21)14-29-24(30)20-5-3-17(4-6-20)11-23(26)25(31)32/h3-10,12-13,15-16,22-23H,11,14,26H2,1-2H3,(H,29,30)(H,31,32)/t22-,23?/m1/s1. The topological polar surface area (TPSA) is 118 Å². The van der Waals surface area contributed by atoms with Gasteiger partial charge in [0.2, 0.25) is 0 Å². The van der Waals surface area contributed by atoms with Crippen molar-refractivity contribution in [3.05, 3.63) is 83.9 Å². The molecule has 1 amide bonds. The quantitative estimate of drug-likeness (QED) is 0.478. The average Bonchev–Trinajstić information content (AvgIpc) is 2.80. The molecule has 166 valence electrons. The molecule has 0 radical (unpaired) electrons. The van der Waals surface area contributed by atoms with Crippen molar-refractivity contribution in [3.8, 4) is 11.1 Å². The van der Waals surface area contributed by atoms with Crippen LogP contribution in [0.2, 0.25) is 0 Å². The molecule has 3 aromatic rings. The molecule has 0 aliphatic heterocycles. The van der Waals surface area contributed by atoms with Gasteiger partial charge in [0.15, 0.2) is 0 Å². The number of hydrogen-bond acceptors (Lipinski definition) is 5. The second kappa shape index (κ2) is 10.6. The molecule has 0 bridgehead atoms. The first-order valence-corrected chi connectivity index (χ1v) is 10.6. The molecule has 2 aromatic carbocycles. The fourth-order valence-electron chi connectivity index (χ4n) is 3.55. The van der Waals surface area contributed by atoms with Crippen LogP contribution >= 0.6 is 0 Å². The van der Waals surface area contributed by atoms with E-state index < -0.39 is 12.0 Å². The normalized spacial score (nSPS) is 12.9. The van der Waals surface area contributed by atoms with Gasteiger partial charge in [-0.3, -0.25) is 9.59 Å². The largest absolute Gasteiger partial charge is 0.480 e. The molecule has 3 rings (SSSR count). The maximum atomic E-state index is 12.6. The van der Waals surface area contributed by atoms with E-state index in [4.69, 9.17) is 10.8 Å². The number of nitrogens with zero attached hydrogens (tertiary/aromatic N) is 2. The van der Waals surface area contributed by atoms with E-state index >= 15 is 0 Å². The van der Waals surface area contributed by atoms with Gasteiger partial charge in [-0.1, -0.05) is 50.2 Å². The zero-order chi connectivity index (χ0) is 23.1. The summed E-state index contributed by atoms with van der Waals surface area (Å²) in [6, 6.07) is 14.2. The lowest BCUT2D eigenvalue weighted by Gasteiger charge is -2.22. The number of rotatable bonds is 9. The number of carboxylic acid groups (broad SMARTS) is 1. The van der Waals surface area contributed by atoms with E-state index in [0.29, 0.717) is 18.0 Å². The minimum atomic E-state index is -1.04. The third kappa shape index (κ3) is 5.98. The van der Waals surface area contributed by atoms with Crippen LogP contribution < -0.4 is 11.1 Å². The summed E-state index contributed by atoms with van der Waals surface area (Å²) in [5.41, 5.74) is 10.0. The summed E-state index contributed by atoms with van der Waals surface area (Å²) in [6.45, 7) is 4.78. The molecule has 0 spiro atoms. The molecule has 0 aliphatic carbocycles. The van der Waals surface area contributed by atoms with E-state index in [1.165, 1.54) is 6.33 Å². The number of nitrogens with one attached hydrogen (secondary N) is 1. The third-order valence-electron chi connectivity index (χ3n) is 5.51. The van der Waals surface area contributed by atoms with Gasteiger partial charge < -0.3 is 16.2 Å². The Balaban J connectivity index is 1.63. The summed E-state index contributed by atoms with van der Waals surface area (Å²) < 4.78 is 0. The van der Waals surface area contributed by atoms with Gasteiger partial charge in [0.25, 0.3) is 5.91 Å². The van der Waals surface area contributed by atoms with Gasteiger partial charge in [0.05, 0.1) is 0 Å². The fraction of sp³-hybridized carbons (Fsp3) is 0.280. The highest BCUT2D eigenvalue weighted by atomic mass is 16.4. The van der Waals surface area contributed by atoms with Crippen LogP contribution in [0.25, 0.3) is 11.1 Å². The first-order chi connectivity index (χ1) is 15.3. The first-order valence-electron chi connectivity index (χ1n) is 10.6. The molecule has 1 unspecified atom stereocenters. The number of nitrogens with two attached hydrogens (primary N) is 1. The number of aliphatic carboxylic acids is 1. The SMILES string of the molecule is CC(C)[C@@H](CNC(=O)c1ccc(CC(N)C(=O)O)cc1)c1ccc(-c2cncnc2)cc1. The molecule has 1 aromatic heterocycles. The van der Waals surface area contributed by atoms with Crippen LogP contribution in [-0.4, -0.2) is 39.5 Å². The highest BCUT2D eigenvalue weighted by Crippen LogP contribution is 2.26. The van der Waals surface area contributed by atoms with Gasteiger partial charge >= 0.3 is 5.97 Å². The summed E-state index contributed by atoms with van der Waals surface area (Å²) in [4.78, 5) is 31.7. The van der Waals surface area contributed by atoms with Crippen molar-refractivity contribution in [2.75, 3.05) is 6.54 Å². The Hall–Kier alpha value is -3.58. The molecule has 32 heavy (non-hydrogen) atoms. The smallest absolute Gasteiger partial charge is 0.320 e. The van der Waals surface area contributed by atoms with Crippen LogP contribution in [0.4, 0.5) is 0 Å². The van der Waals surface area contributed by atoms with Crippen LogP contribution in [-0.2, 0) is 11.2 Å². The molecule has 2 atom stereocenters. The zero-order valence-corrected chi connectivity index (χ0v) is 18.2. The number of hydrogen-bond donors (Lipinski definition) is 3. The zero-order valence-electron chi connectivity index (χ0n) is 18.2. The van der Waals surface area contributed by atoms with Gasteiger partial charge in [-0.25, -0.2) is 9.97 Å². The van der Waals surface area contributed by atoms with Gasteiger partial charge in [-0.05, 0) is 41.2 Å². The molecule has 4 N–H and O–H groups in total. The molecular weight excluding hydrogens is 404 g/mol. The van der Waals surface area contributed by atoms with Crippen LogP contribution in [0.15, 0.2) is 67.3 Å². The number of aromatic nitrogens is 2. The van der Waals surface area contributed by atoms with E-state index in [0.717, 1.165) is 22.3 Å². The molecule has 0 fully saturated rings. The Morgan fingerprint density at radius 1 is 0.969 bits per heavy atom. The second-order valence-electron chi connectivity index (χ2n) is 8.16.